The number of halogens is 3. The lowest BCUT2D eigenvalue weighted by Gasteiger charge is -2.14. The summed E-state index contributed by atoms with van der Waals surface area (Å²) < 4.78 is 0.968. The second-order valence-electron chi connectivity index (χ2n) is 7.42. The van der Waals surface area contributed by atoms with Crippen molar-refractivity contribution in [1.29, 1.82) is 0 Å². The van der Waals surface area contributed by atoms with E-state index in [1.54, 1.807) is 18.2 Å². The lowest BCUT2D eigenvalue weighted by atomic mass is 10.0. The van der Waals surface area contributed by atoms with Gasteiger partial charge in [0.15, 0.2) is 0 Å². The average molecular weight is 553 g/mol. The molecule has 1 amide bonds. The minimum Gasteiger partial charge on any atom is -0.353 e. The molecule has 4 aromatic carbocycles. The van der Waals surface area contributed by atoms with Gasteiger partial charge in [-0.1, -0.05) is 106 Å². The molecule has 0 aromatic heterocycles. The summed E-state index contributed by atoms with van der Waals surface area (Å²) in [5.41, 5.74) is 7.31. The Hall–Kier alpha value is -3.12. The van der Waals surface area contributed by atoms with Crippen LogP contribution in [0.5, 0.6) is 0 Å². The van der Waals surface area contributed by atoms with Crippen LogP contribution in [0.1, 0.15) is 16.7 Å². The Kier molecular flexibility index (Phi) is 8.01. The summed E-state index contributed by atoms with van der Waals surface area (Å²) in [6.07, 6.45) is 0.122. The largest absolute Gasteiger partial charge is 0.353 e. The number of hydrogen-bond acceptors (Lipinski definition) is 3. The highest BCUT2D eigenvalue weighted by atomic mass is 79.9. The Morgan fingerprint density at radius 3 is 2.09 bits per heavy atom. The fraction of sp³-hybridized carbons (Fsp3) is 0.0370. The molecule has 0 saturated carbocycles. The van der Waals surface area contributed by atoms with Gasteiger partial charge in [0.25, 0.3) is 0 Å². The normalized spacial score (nSPS) is 11.2. The number of hydrazone groups is 1. The second-order valence-corrected chi connectivity index (χ2v) is 9.15. The van der Waals surface area contributed by atoms with Gasteiger partial charge < -0.3 is 5.32 Å². The molecule has 0 heterocycles. The molecule has 4 rings (SSSR count). The van der Waals surface area contributed by atoms with Crippen LogP contribution < -0.4 is 10.7 Å². The van der Waals surface area contributed by atoms with E-state index in [0.717, 1.165) is 26.9 Å². The van der Waals surface area contributed by atoms with E-state index in [1.807, 2.05) is 78.9 Å². The van der Waals surface area contributed by atoms with Gasteiger partial charge in [0.05, 0.1) is 27.9 Å². The van der Waals surface area contributed by atoms with E-state index in [-0.39, 0.29) is 12.3 Å². The summed E-state index contributed by atoms with van der Waals surface area (Å²) >= 11 is 16.1. The van der Waals surface area contributed by atoms with Gasteiger partial charge in [0, 0.05) is 21.3 Å². The van der Waals surface area contributed by atoms with Crippen LogP contribution in [0.25, 0.3) is 0 Å². The molecule has 0 saturated heterocycles. The molecular formula is C27H20BrCl2N3O. The van der Waals surface area contributed by atoms with Crippen molar-refractivity contribution in [3.05, 3.63) is 128 Å². The maximum absolute atomic E-state index is 12.9. The predicted octanol–water partition coefficient (Wildman–Crippen LogP) is 7.61. The summed E-state index contributed by atoms with van der Waals surface area (Å²) in [5.74, 6) is -0.245. The Balaban J connectivity index is 1.55. The third-order valence-corrected chi connectivity index (χ3v) is 6.21. The fourth-order valence-corrected chi connectivity index (χ4v) is 4.13. The van der Waals surface area contributed by atoms with Gasteiger partial charge >= 0.3 is 0 Å². The number of carbonyl (C=O) groups excluding carboxylic acids is 1. The molecular weight excluding hydrogens is 533 g/mol. The van der Waals surface area contributed by atoms with Crippen LogP contribution in [0.15, 0.2) is 107 Å². The number of carbonyl (C=O) groups is 1. The highest BCUT2D eigenvalue weighted by Crippen LogP contribution is 2.33. The highest BCUT2D eigenvalue weighted by Gasteiger charge is 2.12. The Morgan fingerprint density at radius 1 is 0.765 bits per heavy atom. The molecule has 34 heavy (non-hydrogen) atoms. The van der Waals surface area contributed by atoms with Crippen LogP contribution >= 0.6 is 39.1 Å². The maximum atomic E-state index is 12.9. The second kappa shape index (κ2) is 11.3. The van der Waals surface area contributed by atoms with Crippen LogP contribution in [0.4, 0.5) is 11.4 Å². The van der Waals surface area contributed by atoms with Crippen molar-refractivity contribution in [2.75, 3.05) is 5.32 Å². The lowest BCUT2D eigenvalue weighted by Crippen LogP contribution is -2.22. The van der Waals surface area contributed by atoms with E-state index in [1.165, 1.54) is 0 Å². The summed E-state index contributed by atoms with van der Waals surface area (Å²) in [5, 5.41) is 8.72. The first-order valence-corrected chi connectivity index (χ1v) is 12.0. The SMILES string of the molecule is O=C(Cc1ccccc1Nc1c(Cl)cccc1Cl)N/N=C(\c1ccccc1)c1ccc(Br)cc1. The number of hydrogen-bond donors (Lipinski definition) is 2. The number of nitrogens with one attached hydrogen (secondary N) is 2. The number of amides is 1. The van der Waals surface area contributed by atoms with Crippen LogP contribution in [-0.4, -0.2) is 11.6 Å². The van der Waals surface area contributed by atoms with Crippen LogP contribution in [0.2, 0.25) is 10.0 Å². The van der Waals surface area contributed by atoms with Crippen LogP contribution in [-0.2, 0) is 11.2 Å². The zero-order valence-electron chi connectivity index (χ0n) is 17.9. The smallest absolute Gasteiger partial charge is 0.244 e. The van der Waals surface area contributed by atoms with Gasteiger partial charge in [-0.05, 0) is 35.9 Å². The first kappa shape index (κ1) is 24.0. The fourth-order valence-electron chi connectivity index (χ4n) is 3.38. The van der Waals surface area contributed by atoms with Gasteiger partial charge in [-0.2, -0.15) is 5.10 Å². The van der Waals surface area contributed by atoms with Crippen LogP contribution in [0.3, 0.4) is 0 Å². The van der Waals surface area contributed by atoms with Crippen molar-refractivity contribution in [2.45, 2.75) is 6.42 Å². The predicted molar refractivity (Wildman–Crippen MR) is 144 cm³/mol. The van der Waals surface area contributed by atoms with Gasteiger partial charge in [0.2, 0.25) is 5.91 Å². The minimum absolute atomic E-state index is 0.122. The summed E-state index contributed by atoms with van der Waals surface area (Å²) in [6, 6.07) is 30.3. The number of para-hydroxylation sites is 2. The van der Waals surface area contributed by atoms with E-state index in [2.05, 4.69) is 31.8 Å². The molecule has 0 aliphatic heterocycles. The van der Waals surface area contributed by atoms with E-state index >= 15 is 0 Å². The number of benzene rings is 4. The van der Waals surface area contributed by atoms with E-state index < -0.39 is 0 Å². The standard InChI is InChI=1S/C27H20BrCl2N3O/c28-21-15-13-19(14-16-21)26(18-7-2-1-3-8-18)33-32-25(34)17-20-9-4-5-12-24(20)31-27-22(29)10-6-11-23(27)30/h1-16,31H,17H2,(H,32,34)/b33-26+. The lowest BCUT2D eigenvalue weighted by molar-refractivity contribution is -0.120. The molecule has 0 fully saturated rings. The Labute approximate surface area is 216 Å². The Bertz CT molecular complexity index is 1310. The molecule has 4 nitrogen and oxygen atoms in total. The third-order valence-electron chi connectivity index (χ3n) is 5.05. The molecule has 0 radical (unpaired) electrons. The van der Waals surface area contributed by atoms with Gasteiger partial charge in [-0.25, -0.2) is 5.43 Å². The first-order chi connectivity index (χ1) is 16.5. The molecule has 2 N–H and O–H groups in total. The zero-order valence-corrected chi connectivity index (χ0v) is 21.0. The van der Waals surface area contributed by atoms with E-state index in [9.17, 15) is 4.79 Å². The Morgan fingerprint density at radius 2 is 1.38 bits per heavy atom. The maximum Gasteiger partial charge on any atom is 0.244 e. The third kappa shape index (κ3) is 6.06. The molecule has 7 heteroatoms. The number of nitrogens with zero attached hydrogens (tertiary/aromatic N) is 1. The molecule has 0 bridgehead atoms. The van der Waals surface area contributed by atoms with Crippen molar-refractivity contribution >= 4 is 62.1 Å². The highest BCUT2D eigenvalue weighted by molar-refractivity contribution is 9.10. The van der Waals surface area contributed by atoms with Crippen molar-refractivity contribution in [3.8, 4) is 0 Å². The van der Waals surface area contributed by atoms with E-state index in [0.29, 0.717) is 21.4 Å². The molecule has 4 aromatic rings. The van der Waals surface area contributed by atoms with Crippen LogP contribution in [0, 0.1) is 0 Å². The summed E-state index contributed by atoms with van der Waals surface area (Å²) in [7, 11) is 0. The van der Waals surface area contributed by atoms with E-state index in [4.69, 9.17) is 23.2 Å². The average Bonchev–Trinajstić information content (AvgIpc) is 2.84. The van der Waals surface area contributed by atoms with Crippen molar-refractivity contribution in [1.82, 2.24) is 5.43 Å². The molecule has 0 aliphatic rings. The molecule has 170 valence electrons. The van der Waals surface area contributed by atoms with Crippen molar-refractivity contribution < 1.29 is 4.79 Å². The zero-order chi connectivity index (χ0) is 23.9. The van der Waals surface area contributed by atoms with Crippen molar-refractivity contribution in [3.63, 3.8) is 0 Å². The van der Waals surface area contributed by atoms with Gasteiger partial charge in [-0.15, -0.1) is 0 Å². The summed E-state index contributed by atoms with van der Waals surface area (Å²) in [4.78, 5) is 12.9. The number of anilines is 2. The van der Waals surface area contributed by atoms with Gasteiger partial charge in [0.1, 0.15) is 0 Å². The minimum atomic E-state index is -0.245. The molecule has 0 atom stereocenters. The quantitative estimate of drug-likeness (QED) is 0.183. The first-order valence-electron chi connectivity index (χ1n) is 10.5. The topological polar surface area (TPSA) is 53.5 Å². The molecule has 0 unspecified atom stereocenters. The van der Waals surface area contributed by atoms with Crippen molar-refractivity contribution in [2.24, 2.45) is 5.10 Å². The van der Waals surface area contributed by atoms with Gasteiger partial charge in [-0.3, -0.25) is 4.79 Å². The monoisotopic (exact) mass is 551 g/mol. The molecule has 0 spiro atoms. The number of rotatable bonds is 7. The summed E-state index contributed by atoms with van der Waals surface area (Å²) in [6.45, 7) is 0. The molecule has 0 aliphatic carbocycles.